The Labute approximate surface area is 188 Å². The van der Waals surface area contributed by atoms with Gasteiger partial charge in [0.15, 0.2) is 0 Å². The third-order valence-corrected chi connectivity index (χ3v) is 7.01. The van der Waals surface area contributed by atoms with Crippen molar-refractivity contribution in [1.29, 1.82) is 0 Å². The Bertz CT molecular complexity index is 831. The standard InChI is InChI=1S/C24H31ClN2O2S/c1-18-13-14-30-22(18)16-26(15-20-9-5-3-6-10-20)23(28)17-27(24(29)19(2)25)21-11-7-4-8-12-21/h3,5-6,9-10,13-14,19,21H,4,7-8,11-12,15-17H2,1-2H3. The van der Waals surface area contributed by atoms with E-state index in [4.69, 9.17) is 11.6 Å². The first-order valence-corrected chi connectivity index (χ1v) is 12.1. The molecule has 0 radical (unpaired) electrons. The van der Waals surface area contributed by atoms with Gasteiger partial charge in [-0.3, -0.25) is 9.59 Å². The van der Waals surface area contributed by atoms with Crippen LogP contribution in [0.1, 0.15) is 55.0 Å². The lowest BCUT2D eigenvalue weighted by Gasteiger charge is -2.36. The fourth-order valence-corrected chi connectivity index (χ4v) is 5.08. The van der Waals surface area contributed by atoms with Crippen LogP contribution in [0.15, 0.2) is 41.8 Å². The molecule has 1 aliphatic rings. The van der Waals surface area contributed by atoms with E-state index in [9.17, 15) is 9.59 Å². The predicted octanol–water partition coefficient (Wildman–Crippen LogP) is 5.37. The zero-order valence-corrected chi connectivity index (χ0v) is 19.4. The van der Waals surface area contributed by atoms with Crippen LogP contribution >= 0.6 is 22.9 Å². The van der Waals surface area contributed by atoms with Gasteiger partial charge < -0.3 is 9.80 Å². The lowest BCUT2D eigenvalue weighted by atomic mass is 9.94. The molecule has 6 heteroatoms. The molecule has 1 aliphatic carbocycles. The normalized spacial score (nSPS) is 15.6. The predicted molar refractivity (Wildman–Crippen MR) is 124 cm³/mol. The van der Waals surface area contributed by atoms with E-state index in [-0.39, 0.29) is 24.4 Å². The quantitative estimate of drug-likeness (QED) is 0.511. The van der Waals surface area contributed by atoms with Crippen molar-refractivity contribution in [2.45, 2.75) is 70.5 Å². The Hall–Kier alpha value is -1.85. The fraction of sp³-hybridized carbons (Fsp3) is 0.500. The van der Waals surface area contributed by atoms with Crippen LogP contribution in [0.2, 0.25) is 0 Å². The van der Waals surface area contributed by atoms with Crippen LogP contribution in [-0.4, -0.2) is 39.6 Å². The molecule has 30 heavy (non-hydrogen) atoms. The number of halogens is 1. The summed E-state index contributed by atoms with van der Waals surface area (Å²) in [5.74, 6) is -0.160. The van der Waals surface area contributed by atoms with Gasteiger partial charge in [-0.15, -0.1) is 22.9 Å². The van der Waals surface area contributed by atoms with Crippen molar-refractivity contribution in [3.8, 4) is 0 Å². The lowest BCUT2D eigenvalue weighted by Crippen LogP contribution is -2.49. The van der Waals surface area contributed by atoms with E-state index in [0.717, 1.165) is 31.2 Å². The Balaban J connectivity index is 1.80. The zero-order chi connectivity index (χ0) is 21.5. The van der Waals surface area contributed by atoms with E-state index in [1.807, 2.05) is 35.2 Å². The van der Waals surface area contributed by atoms with Crippen molar-refractivity contribution in [3.63, 3.8) is 0 Å². The summed E-state index contributed by atoms with van der Waals surface area (Å²) in [6, 6.07) is 12.2. The van der Waals surface area contributed by atoms with E-state index in [0.29, 0.717) is 13.1 Å². The van der Waals surface area contributed by atoms with Crippen molar-refractivity contribution in [2.24, 2.45) is 0 Å². The van der Waals surface area contributed by atoms with E-state index in [1.54, 1.807) is 23.2 Å². The molecule has 1 atom stereocenters. The summed E-state index contributed by atoms with van der Waals surface area (Å²) in [6.07, 6.45) is 5.29. The summed E-state index contributed by atoms with van der Waals surface area (Å²) in [5.41, 5.74) is 2.28. The van der Waals surface area contributed by atoms with Gasteiger partial charge in [0.05, 0.1) is 6.54 Å². The largest absolute Gasteiger partial charge is 0.332 e. The number of alkyl halides is 1. The minimum atomic E-state index is -0.623. The smallest absolute Gasteiger partial charge is 0.242 e. The van der Waals surface area contributed by atoms with Gasteiger partial charge >= 0.3 is 0 Å². The van der Waals surface area contributed by atoms with Gasteiger partial charge in [-0.25, -0.2) is 0 Å². The minimum absolute atomic E-state index is 0.0251. The molecule has 0 N–H and O–H groups in total. The summed E-state index contributed by atoms with van der Waals surface area (Å²) in [6.45, 7) is 4.95. The van der Waals surface area contributed by atoms with Crippen LogP contribution in [0, 0.1) is 6.92 Å². The Kier molecular flexibility index (Phi) is 8.34. The third kappa shape index (κ3) is 6.08. The highest BCUT2D eigenvalue weighted by molar-refractivity contribution is 7.10. The van der Waals surface area contributed by atoms with Crippen LogP contribution in [0.4, 0.5) is 0 Å². The maximum absolute atomic E-state index is 13.5. The first-order valence-electron chi connectivity index (χ1n) is 10.7. The topological polar surface area (TPSA) is 40.6 Å². The molecule has 0 spiro atoms. The number of rotatable bonds is 8. The van der Waals surface area contributed by atoms with Crippen molar-refractivity contribution < 1.29 is 9.59 Å². The first-order chi connectivity index (χ1) is 14.5. The number of hydrogen-bond acceptors (Lipinski definition) is 3. The molecule has 1 aromatic carbocycles. The monoisotopic (exact) mass is 446 g/mol. The highest BCUT2D eigenvalue weighted by Crippen LogP contribution is 2.25. The Morgan fingerprint density at radius 1 is 1.10 bits per heavy atom. The minimum Gasteiger partial charge on any atom is -0.332 e. The molecule has 1 aromatic heterocycles. The van der Waals surface area contributed by atoms with E-state index in [2.05, 4.69) is 18.4 Å². The molecule has 1 heterocycles. The van der Waals surface area contributed by atoms with Crippen LogP contribution in [0.3, 0.4) is 0 Å². The zero-order valence-electron chi connectivity index (χ0n) is 17.9. The number of thiophene rings is 1. The van der Waals surface area contributed by atoms with Gasteiger partial charge in [-0.2, -0.15) is 0 Å². The van der Waals surface area contributed by atoms with Crippen molar-refractivity contribution in [2.75, 3.05) is 6.54 Å². The maximum Gasteiger partial charge on any atom is 0.242 e. The molecule has 0 bridgehead atoms. The van der Waals surface area contributed by atoms with E-state index < -0.39 is 5.38 Å². The molecular formula is C24H31ClN2O2S. The molecule has 0 aliphatic heterocycles. The summed E-state index contributed by atoms with van der Waals surface area (Å²) >= 11 is 7.82. The molecule has 0 saturated heterocycles. The second-order valence-corrected chi connectivity index (χ2v) is 9.79. The van der Waals surface area contributed by atoms with Crippen molar-refractivity contribution in [1.82, 2.24) is 9.80 Å². The molecule has 2 amide bonds. The number of hydrogen-bond donors (Lipinski definition) is 0. The lowest BCUT2D eigenvalue weighted by molar-refractivity contribution is -0.143. The average Bonchev–Trinajstić information content (AvgIpc) is 3.16. The van der Waals surface area contributed by atoms with Crippen LogP contribution in [0.25, 0.3) is 0 Å². The summed E-state index contributed by atoms with van der Waals surface area (Å²) in [4.78, 5) is 31.1. The van der Waals surface area contributed by atoms with Gasteiger partial charge in [0, 0.05) is 17.5 Å². The molecule has 4 nitrogen and oxygen atoms in total. The Morgan fingerprint density at radius 3 is 2.40 bits per heavy atom. The Morgan fingerprint density at radius 2 is 1.80 bits per heavy atom. The van der Waals surface area contributed by atoms with Gasteiger partial charge in [0.1, 0.15) is 11.9 Å². The maximum atomic E-state index is 13.5. The SMILES string of the molecule is Cc1ccsc1CN(Cc1ccccc1)C(=O)CN(C(=O)C(C)Cl)C1CCCCC1. The second kappa shape index (κ2) is 11.0. The summed E-state index contributed by atoms with van der Waals surface area (Å²) in [7, 11) is 0. The summed E-state index contributed by atoms with van der Waals surface area (Å²) in [5, 5.41) is 1.44. The van der Waals surface area contributed by atoms with Crippen LogP contribution in [0.5, 0.6) is 0 Å². The molecule has 1 saturated carbocycles. The van der Waals surface area contributed by atoms with Crippen LogP contribution in [-0.2, 0) is 22.7 Å². The second-order valence-electron chi connectivity index (χ2n) is 8.14. The van der Waals surface area contributed by atoms with Gasteiger partial charge in [0.25, 0.3) is 0 Å². The number of carbonyl (C=O) groups excluding carboxylic acids is 2. The molecule has 162 valence electrons. The average molecular weight is 447 g/mol. The number of carbonyl (C=O) groups is 2. The van der Waals surface area contributed by atoms with Gasteiger partial charge in [-0.1, -0.05) is 49.6 Å². The van der Waals surface area contributed by atoms with E-state index >= 15 is 0 Å². The van der Waals surface area contributed by atoms with Gasteiger partial charge in [-0.05, 0) is 49.3 Å². The highest BCUT2D eigenvalue weighted by atomic mass is 35.5. The summed E-state index contributed by atoms with van der Waals surface area (Å²) < 4.78 is 0. The third-order valence-electron chi connectivity index (χ3n) is 5.82. The van der Waals surface area contributed by atoms with Crippen molar-refractivity contribution in [3.05, 3.63) is 57.8 Å². The number of amides is 2. The molecule has 1 fully saturated rings. The molecular weight excluding hydrogens is 416 g/mol. The van der Waals surface area contributed by atoms with Crippen LogP contribution < -0.4 is 0 Å². The fourth-order valence-electron chi connectivity index (χ4n) is 4.03. The first kappa shape index (κ1) is 22.8. The van der Waals surface area contributed by atoms with Gasteiger partial charge in [0.2, 0.25) is 11.8 Å². The van der Waals surface area contributed by atoms with E-state index in [1.165, 1.54) is 16.9 Å². The molecule has 3 rings (SSSR count). The van der Waals surface area contributed by atoms with Crippen molar-refractivity contribution >= 4 is 34.8 Å². The number of benzene rings is 1. The number of aryl methyl sites for hydroxylation is 1. The highest BCUT2D eigenvalue weighted by Gasteiger charge is 2.31. The molecule has 2 aromatic rings. The number of nitrogens with zero attached hydrogens (tertiary/aromatic N) is 2. The molecule has 1 unspecified atom stereocenters.